The lowest BCUT2D eigenvalue weighted by Gasteiger charge is -2.19. The van der Waals surface area contributed by atoms with Crippen molar-refractivity contribution in [2.45, 2.75) is 64.0 Å². The molecule has 5 heteroatoms. The summed E-state index contributed by atoms with van der Waals surface area (Å²) in [7, 11) is 0. The van der Waals surface area contributed by atoms with Gasteiger partial charge in [0.2, 0.25) is 11.8 Å². The Balaban J connectivity index is 1.48. The first-order valence-electron chi connectivity index (χ1n) is 8.91. The lowest BCUT2D eigenvalue weighted by molar-refractivity contribution is -0.126. The first-order chi connectivity index (χ1) is 11.5. The summed E-state index contributed by atoms with van der Waals surface area (Å²) in [6, 6.07) is 4.52. The maximum atomic E-state index is 13.2. The van der Waals surface area contributed by atoms with Crippen molar-refractivity contribution in [3.05, 3.63) is 35.1 Å². The van der Waals surface area contributed by atoms with Crippen LogP contribution < -0.4 is 10.6 Å². The van der Waals surface area contributed by atoms with E-state index in [9.17, 15) is 14.0 Å². The molecule has 130 valence electrons. The molecule has 1 aromatic carbocycles. The molecule has 2 N–H and O–H groups in total. The number of rotatable bonds is 5. The molecular formula is C19H25FN2O2. The van der Waals surface area contributed by atoms with Gasteiger partial charge < -0.3 is 10.6 Å². The number of carbonyl (C=O) groups is 2. The normalized spacial score (nSPS) is 21.3. The standard InChI is InChI=1S/C19H25FN2O2/c1-12(21-19(24)13-4-2-3-5-13)10-18(23)22-17-9-6-14-11-15(20)7-8-16(14)17/h7-8,11-13,17H,2-6,9-10H2,1H3,(H,21,24)(H,22,23). The van der Waals surface area contributed by atoms with Crippen LogP contribution in [0.2, 0.25) is 0 Å². The smallest absolute Gasteiger partial charge is 0.223 e. The van der Waals surface area contributed by atoms with Crippen LogP contribution >= 0.6 is 0 Å². The fourth-order valence-electron chi connectivity index (χ4n) is 3.87. The quantitative estimate of drug-likeness (QED) is 0.871. The molecule has 4 nitrogen and oxygen atoms in total. The van der Waals surface area contributed by atoms with E-state index < -0.39 is 0 Å². The molecule has 2 aliphatic rings. The second-order valence-electron chi connectivity index (χ2n) is 7.10. The highest BCUT2D eigenvalue weighted by Crippen LogP contribution is 2.31. The van der Waals surface area contributed by atoms with Gasteiger partial charge in [-0.05, 0) is 55.9 Å². The van der Waals surface area contributed by atoms with Crippen molar-refractivity contribution in [2.24, 2.45) is 5.92 Å². The molecule has 1 saturated carbocycles. The number of nitrogens with one attached hydrogen (secondary N) is 2. The zero-order valence-corrected chi connectivity index (χ0v) is 14.1. The highest BCUT2D eigenvalue weighted by atomic mass is 19.1. The summed E-state index contributed by atoms with van der Waals surface area (Å²) >= 11 is 0. The average Bonchev–Trinajstić information content (AvgIpc) is 3.17. The molecule has 0 bridgehead atoms. The molecule has 24 heavy (non-hydrogen) atoms. The molecule has 0 aromatic heterocycles. The highest BCUT2D eigenvalue weighted by molar-refractivity contribution is 5.81. The van der Waals surface area contributed by atoms with Crippen LogP contribution in [0.3, 0.4) is 0 Å². The number of amides is 2. The third kappa shape index (κ3) is 3.94. The number of halogens is 1. The van der Waals surface area contributed by atoms with E-state index in [4.69, 9.17) is 0 Å². The molecular weight excluding hydrogens is 307 g/mol. The van der Waals surface area contributed by atoms with Crippen LogP contribution in [-0.4, -0.2) is 17.9 Å². The van der Waals surface area contributed by atoms with Gasteiger partial charge in [-0.15, -0.1) is 0 Å². The van der Waals surface area contributed by atoms with Crippen LogP contribution in [0.4, 0.5) is 4.39 Å². The maximum absolute atomic E-state index is 13.2. The molecule has 2 aliphatic carbocycles. The highest BCUT2D eigenvalue weighted by Gasteiger charge is 2.26. The topological polar surface area (TPSA) is 58.2 Å². The summed E-state index contributed by atoms with van der Waals surface area (Å²) in [5.74, 6) is -0.109. The molecule has 2 atom stereocenters. The Morgan fingerprint density at radius 3 is 2.75 bits per heavy atom. The van der Waals surface area contributed by atoms with E-state index in [-0.39, 0.29) is 42.1 Å². The van der Waals surface area contributed by atoms with Crippen molar-refractivity contribution in [2.75, 3.05) is 0 Å². The summed E-state index contributed by atoms with van der Waals surface area (Å²) < 4.78 is 13.2. The second kappa shape index (κ2) is 7.32. The van der Waals surface area contributed by atoms with Gasteiger partial charge in [0.1, 0.15) is 5.82 Å². The minimum absolute atomic E-state index is 0.0502. The van der Waals surface area contributed by atoms with Gasteiger partial charge in [-0.2, -0.15) is 0 Å². The third-order valence-corrected chi connectivity index (χ3v) is 5.12. The number of aryl methyl sites for hydroxylation is 1. The van der Waals surface area contributed by atoms with Crippen molar-refractivity contribution in [1.29, 1.82) is 0 Å². The van der Waals surface area contributed by atoms with Gasteiger partial charge in [-0.25, -0.2) is 4.39 Å². The van der Waals surface area contributed by atoms with Gasteiger partial charge in [-0.1, -0.05) is 18.9 Å². The first kappa shape index (κ1) is 16.9. The Morgan fingerprint density at radius 2 is 2.00 bits per heavy atom. The van der Waals surface area contributed by atoms with E-state index in [2.05, 4.69) is 10.6 Å². The largest absolute Gasteiger partial charge is 0.353 e. The van der Waals surface area contributed by atoms with Gasteiger partial charge in [0.25, 0.3) is 0 Å². The molecule has 0 spiro atoms. The van der Waals surface area contributed by atoms with Crippen molar-refractivity contribution in [3.63, 3.8) is 0 Å². The number of hydrogen-bond acceptors (Lipinski definition) is 2. The Kier molecular flexibility index (Phi) is 5.17. The van der Waals surface area contributed by atoms with Gasteiger partial charge in [0.05, 0.1) is 6.04 Å². The van der Waals surface area contributed by atoms with E-state index in [1.807, 2.05) is 6.92 Å². The molecule has 0 heterocycles. The molecule has 1 aromatic rings. The van der Waals surface area contributed by atoms with Gasteiger partial charge in [0.15, 0.2) is 0 Å². The molecule has 2 unspecified atom stereocenters. The first-order valence-corrected chi connectivity index (χ1v) is 8.91. The molecule has 0 aliphatic heterocycles. The van der Waals surface area contributed by atoms with E-state index in [0.29, 0.717) is 0 Å². The van der Waals surface area contributed by atoms with Crippen LogP contribution in [0.15, 0.2) is 18.2 Å². The van der Waals surface area contributed by atoms with Crippen molar-refractivity contribution >= 4 is 11.8 Å². The average molecular weight is 332 g/mol. The Labute approximate surface area is 142 Å². The molecule has 3 rings (SSSR count). The van der Waals surface area contributed by atoms with Crippen LogP contribution in [0, 0.1) is 11.7 Å². The number of fused-ring (bicyclic) bond motifs is 1. The van der Waals surface area contributed by atoms with E-state index in [0.717, 1.165) is 49.7 Å². The SMILES string of the molecule is CC(CC(=O)NC1CCc2cc(F)ccc21)NC(=O)C1CCCC1. The number of benzene rings is 1. The monoisotopic (exact) mass is 332 g/mol. The Bertz CT molecular complexity index is 626. The van der Waals surface area contributed by atoms with Crippen LogP contribution in [-0.2, 0) is 16.0 Å². The summed E-state index contributed by atoms with van der Waals surface area (Å²) in [6.45, 7) is 1.87. The van der Waals surface area contributed by atoms with Crippen LogP contribution in [0.25, 0.3) is 0 Å². The number of carbonyl (C=O) groups excluding carboxylic acids is 2. The summed E-state index contributed by atoms with van der Waals surface area (Å²) in [5, 5.41) is 5.97. The Hall–Kier alpha value is -1.91. The predicted molar refractivity (Wildman–Crippen MR) is 89.8 cm³/mol. The van der Waals surface area contributed by atoms with E-state index >= 15 is 0 Å². The molecule has 0 saturated heterocycles. The fraction of sp³-hybridized carbons (Fsp3) is 0.579. The minimum atomic E-state index is -0.232. The zero-order valence-electron chi connectivity index (χ0n) is 14.1. The fourth-order valence-corrected chi connectivity index (χ4v) is 3.87. The maximum Gasteiger partial charge on any atom is 0.223 e. The van der Waals surface area contributed by atoms with Gasteiger partial charge in [0, 0.05) is 18.4 Å². The minimum Gasteiger partial charge on any atom is -0.353 e. The third-order valence-electron chi connectivity index (χ3n) is 5.12. The lowest BCUT2D eigenvalue weighted by atomic mass is 10.1. The van der Waals surface area contributed by atoms with E-state index in [1.54, 1.807) is 12.1 Å². The molecule has 2 amide bonds. The molecule has 1 fully saturated rings. The lowest BCUT2D eigenvalue weighted by Crippen LogP contribution is -2.40. The predicted octanol–water partition coefficient (Wildman–Crippen LogP) is 3.01. The van der Waals surface area contributed by atoms with Crippen LogP contribution in [0.1, 0.15) is 62.6 Å². The van der Waals surface area contributed by atoms with Gasteiger partial charge >= 0.3 is 0 Å². The van der Waals surface area contributed by atoms with Crippen LogP contribution in [0.5, 0.6) is 0 Å². The van der Waals surface area contributed by atoms with Gasteiger partial charge in [-0.3, -0.25) is 9.59 Å². The molecule has 0 radical (unpaired) electrons. The second-order valence-corrected chi connectivity index (χ2v) is 7.10. The van der Waals surface area contributed by atoms with Crippen molar-refractivity contribution in [3.8, 4) is 0 Å². The summed E-state index contributed by atoms with van der Waals surface area (Å²) in [4.78, 5) is 24.4. The Morgan fingerprint density at radius 1 is 1.25 bits per heavy atom. The summed E-state index contributed by atoms with van der Waals surface area (Å²) in [5.41, 5.74) is 1.98. The van der Waals surface area contributed by atoms with E-state index in [1.165, 1.54) is 6.07 Å². The van der Waals surface area contributed by atoms with Crippen molar-refractivity contribution < 1.29 is 14.0 Å². The summed E-state index contributed by atoms with van der Waals surface area (Å²) in [6.07, 6.45) is 6.01. The zero-order chi connectivity index (χ0) is 17.1. The number of hydrogen-bond donors (Lipinski definition) is 2. The van der Waals surface area contributed by atoms with Crippen molar-refractivity contribution in [1.82, 2.24) is 10.6 Å².